The van der Waals surface area contributed by atoms with Crippen molar-refractivity contribution >= 4 is 11.1 Å². The Labute approximate surface area is 89.6 Å². The van der Waals surface area contributed by atoms with Crippen molar-refractivity contribution in [2.24, 2.45) is 0 Å². The SMILES string of the molecule is CCn1nccc1S(=O)[O-].[Na+]. The summed E-state index contributed by atoms with van der Waals surface area (Å²) in [6.45, 7) is 2.42. The van der Waals surface area contributed by atoms with Crippen molar-refractivity contribution in [2.45, 2.75) is 18.5 Å². The normalized spacial score (nSPS) is 12.2. The van der Waals surface area contributed by atoms with E-state index in [0.29, 0.717) is 6.54 Å². The Balaban J connectivity index is 0.000001000. The van der Waals surface area contributed by atoms with Crippen LogP contribution in [0.4, 0.5) is 0 Å². The molecule has 1 rings (SSSR count). The van der Waals surface area contributed by atoms with Crippen LogP contribution in [-0.4, -0.2) is 18.5 Å². The Bertz CT molecular complexity index is 250. The molecule has 0 fully saturated rings. The van der Waals surface area contributed by atoms with Gasteiger partial charge in [0, 0.05) is 6.54 Å². The number of rotatable bonds is 2. The van der Waals surface area contributed by atoms with E-state index in [1.165, 1.54) is 16.9 Å². The number of aromatic nitrogens is 2. The third-order valence-corrected chi connectivity index (χ3v) is 1.84. The second-order valence-corrected chi connectivity index (χ2v) is 2.61. The zero-order valence-electron chi connectivity index (χ0n) is 6.48. The number of hydrogen-bond donors (Lipinski definition) is 0. The van der Waals surface area contributed by atoms with Gasteiger partial charge in [-0.3, -0.25) is 8.89 Å². The van der Waals surface area contributed by atoms with Crippen LogP contribution in [0.5, 0.6) is 0 Å². The van der Waals surface area contributed by atoms with Gasteiger partial charge in [-0.2, -0.15) is 5.10 Å². The first-order valence-corrected chi connectivity index (χ1v) is 3.94. The van der Waals surface area contributed by atoms with E-state index in [0.717, 1.165) is 0 Å². The van der Waals surface area contributed by atoms with Gasteiger partial charge in [-0.25, -0.2) is 0 Å². The monoisotopic (exact) mass is 182 g/mol. The van der Waals surface area contributed by atoms with Crippen LogP contribution in [-0.2, 0) is 17.6 Å². The quantitative estimate of drug-likeness (QED) is 0.365. The fourth-order valence-corrected chi connectivity index (χ4v) is 1.22. The molecule has 1 aromatic heterocycles. The molecule has 0 bridgehead atoms. The van der Waals surface area contributed by atoms with Gasteiger partial charge in [0.05, 0.1) is 6.20 Å². The van der Waals surface area contributed by atoms with Gasteiger partial charge in [-0.1, -0.05) is 0 Å². The van der Waals surface area contributed by atoms with Gasteiger partial charge in [0.25, 0.3) is 0 Å². The summed E-state index contributed by atoms with van der Waals surface area (Å²) in [5.41, 5.74) is 0. The second kappa shape index (κ2) is 5.05. The maximum Gasteiger partial charge on any atom is 1.00 e. The maximum absolute atomic E-state index is 10.4. The van der Waals surface area contributed by atoms with E-state index in [1.54, 1.807) is 0 Å². The third-order valence-electron chi connectivity index (χ3n) is 1.15. The van der Waals surface area contributed by atoms with E-state index in [1.807, 2.05) is 6.92 Å². The molecular weight excluding hydrogens is 175 g/mol. The van der Waals surface area contributed by atoms with Gasteiger partial charge >= 0.3 is 29.6 Å². The Morgan fingerprint density at radius 2 is 2.45 bits per heavy atom. The maximum atomic E-state index is 10.4. The summed E-state index contributed by atoms with van der Waals surface area (Å²) in [5.74, 6) is 0. The van der Waals surface area contributed by atoms with Crippen molar-refractivity contribution in [2.75, 3.05) is 0 Å². The van der Waals surface area contributed by atoms with Crippen LogP contribution >= 0.6 is 0 Å². The molecule has 0 aliphatic heterocycles. The molecule has 0 amide bonds. The van der Waals surface area contributed by atoms with Crippen LogP contribution in [0, 0.1) is 0 Å². The first-order valence-electron chi connectivity index (χ1n) is 2.86. The molecule has 6 heteroatoms. The van der Waals surface area contributed by atoms with Crippen molar-refractivity contribution in [1.29, 1.82) is 0 Å². The molecular formula is C5H7N2NaO2S. The average Bonchev–Trinajstić information content (AvgIpc) is 2.33. The summed E-state index contributed by atoms with van der Waals surface area (Å²) in [4.78, 5) is 0. The minimum atomic E-state index is -2.16. The van der Waals surface area contributed by atoms with Gasteiger partial charge in [0.15, 0.2) is 0 Å². The fraction of sp³-hybridized carbons (Fsp3) is 0.400. The Kier molecular flexibility index (Phi) is 5.20. The smallest absolute Gasteiger partial charge is 0.767 e. The number of hydrogen-bond acceptors (Lipinski definition) is 3. The summed E-state index contributed by atoms with van der Waals surface area (Å²) in [5, 5.41) is 4.02. The first-order chi connectivity index (χ1) is 4.75. The molecule has 1 atom stereocenters. The fourth-order valence-electron chi connectivity index (χ4n) is 0.700. The van der Waals surface area contributed by atoms with Crippen molar-refractivity contribution in [3.05, 3.63) is 12.3 Å². The molecule has 0 aromatic carbocycles. The van der Waals surface area contributed by atoms with Crippen LogP contribution in [0.2, 0.25) is 0 Å². The second-order valence-electron chi connectivity index (χ2n) is 1.72. The minimum Gasteiger partial charge on any atom is -0.767 e. The van der Waals surface area contributed by atoms with Crippen molar-refractivity contribution < 1.29 is 38.3 Å². The zero-order chi connectivity index (χ0) is 7.56. The molecule has 0 spiro atoms. The number of aryl methyl sites for hydroxylation is 1. The molecule has 0 aliphatic rings. The molecule has 4 nitrogen and oxygen atoms in total. The van der Waals surface area contributed by atoms with Crippen molar-refractivity contribution in [3.8, 4) is 0 Å². The molecule has 0 N–H and O–H groups in total. The van der Waals surface area contributed by atoms with Crippen molar-refractivity contribution in [3.63, 3.8) is 0 Å². The van der Waals surface area contributed by atoms with Crippen LogP contribution in [0.15, 0.2) is 17.3 Å². The van der Waals surface area contributed by atoms with Gasteiger partial charge in [0.2, 0.25) is 0 Å². The molecule has 1 heterocycles. The topological polar surface area (TPSA) is 58.0 Å². The summed E-state index contributed by atoms with van der Waals surface area (Å²) < 4.78 is 22.2. The van der Waals surface area contributed by atoms with Gasteiger partial charge < -0.3 is 4.55 Å². The average molecular weight is 182 g/mol. The van der Waals surface area contributed by atoms with Crippen LogP contribution < -0.4 is 29.6 Å². The van der Waals surface area contributed by atoms with Crippen LogP contribution in [0.3, 0.4) is 0 Å². The number of nitrogens with zero attached hydrogens (tertiary/aromatic N) is 2. The summed E-state index contributed by atoms with van der Waals surface area (Å²) in [6.07, 6.45) is 1.47. The van der Waals surface area contributed by atoms with Crippen molar-refractivity contribution in [1.82, 2.24) is 9.78 Å². The third kappa shape index (κ3) is 2.68. The predicted octanol–water partition coefficient (Wildman–Crippen LogP) is -2.85. The molecule has 11 heavy (non-hydrogen) atoms. The predicted molar refractivity (Wildman–Crippen MR) is 35.1 cm³/mol. The van der Waals surface area contributed by atoms with E-state index >= 15 is 0 Å². The van der Waals surface area contributed by atoms with E-state index in [4.69, 9.17) is 0 Å². The summed E-state index contributed by atoms with van der Waals surface area (Å²) in [6, 6.07) is 1.46. The van der Waals surface area contributed by atoms with Crippen LogP contribution in [0.1, 0.15) is 6.92 Å². The standard InChI is InChI=1S/C5H8N2O2S.Na/c1-2-7-5(10(8)9)3-4-6-7;/h3-4H,2H2,1H3,(H,8,9);/q;+1/p-1. The Morgan fingerprint density at radius 3 is 2.82 bits per heavy atom. The van der Waals surface area contributed by atoms with E-state index in [9.17, 15) is 8.76 Å². The molecule has 0 saturated carbocycles. The molecule has 0 aliphatic carbocycles. The van der Waals surface area contributed by atoms with Crippen LogP contribution in [0.25, 0.3) is 0 Å². The van der Waals surface area contributed by atoms with Gasteiger partial charge in [0.1, 0.15) is 5.03 Å². The minimum absolute atomic E-state index is 0. The van der Waals surface area contributed by atoms with E-state index < -0.39 is 11.1 Å². The Morgan fingerprint density at radius 1 is 1.82 bits per heavy atom. The molecule has 0 radical (unpaired) electrons. The van der Waals surface area contributed by atoms with E-state index in [-0.39, 0.29) is 34.6 Å². The molecule has 1 aromatic rings. The molecule has 56 valence electrons. The largest absolute Gasteiger partial charge is 1.00 e. The van der Waals surface area contributed by atoms with Gasteiger partial charge in [-0.05, 0) is 24.1 Å². The summed E-state index contributed by atoms with van der Waals surface area (Å²) in [7, 11) is 0. The first kappa shape index (κ1) is 11.3. The molecule has 0 saturated heterocycles. The summed E-state index contributed by atoms with van der Waals surface area (Å²) >= 11 is -2.16. The zero-order valence-corrected chi connectivity index (χ0v) is 9.30. The molecule has 1 unspecified atom stereocenters. The van der Waals surface area contributed by atoms with E-state index in [2.05, 4.69) is 5.10 Å². The van der Waals surface area contributed by atoms with Gasteiger partial charge in [-0.15, -0.1) is 0 Å². The Hall–Kier alpha value is 0.320.